The number of fused-ring (bicyclic) bond motifs is 1. The van der Waals surface area contributed by atoms with Crippen LogP contribution in [0.2, 0.25) is 0 Å². The number of nitrogens with two attached hydrogens (primary N) is 1. The van der Waals surface area contributed by atoms with E-state index >= 15 is 0 Å². The summed E-state index contributed by atoms with van der Waals surface area (Å²) in [6, 6.07) is -0.263. The van der Waals surface area contributed by atoms with E-state index in [9.17, 15) is 15.0 Å². The van der Waals surface area contributed by atoms with Crippen molar-refractivity contribution in [1.29, 1.82) is 0 Å². The molecule has 106 valence electrons. The van der Waals surface area contributed by atoms with E-state index < -0.39 is 11.7 Å². The molecule has 1 fully saturated rings. The molecule has 2 heterocycles. The van der Waals surface area contributed by atoms with Crippen LogP contribution in [0.4, 0.5) is 5.95 Å². The van der Waals surface area contributed by atoms with E-state index in [2.05, 4.69) is 21.5 Å². The van der Waals surface area contributed by atoms with Gasteiger partial charge in [-0.05, 0) is 12.0 Å². The molecule has 1 saturated carbocycles. The fourth-order valence-corrected chi connectivity index (χ4v) is 2.70. The third-order valence-electron chi connectivity index (χ3n) is 3.80. The van der Waals surface area contributed by atoms with E-state index in [1.165, 1.54) is 6.33 Å². The molecule has 0 amide bonds. The minimum absolute atomic E-state index is 0.00659. The van der Waals surface area contributed by atoms with Crippen molar-refractivity contribution in [3.63, 3.8) is 0 Å². The number of H-pyrrole nitrogens is 1. The number of imidazole rings is 1. The van der Waals surface area contributed by atoms with Gasteiger partial charge in [0.2, 0.25) is 5.95 Å². The molecule has 8 nitrogen and oxygen atoms in total. The molecule has 5 N–H and O–H groups in total. The molecule has 1 aliphatic carbocycles. The van der Waals surface area contributed by atoms with E-state index in [1.54, 1.807) is 4.57 Å². The lowest BCUT2D eigenvalue weighted by atomic mass is 10.1. The lowest BCUT2D eigenvalue weighted by Crippen LogP contribution is -2.17. The fourth-order valence-electron chi connectivity index (χ4n) is 2.70. The van der Waals surface area contributed by atoms with Gasteiger partial charge in [0.1, 0.15) is 0 Å². The van der Waals surface area contributed by atoms with E-state index in [-0.39, 0.29) is 30.0 Å². The van der Waals surface area contributed by atoms with E-state index in [1.807, 2.05) is 0 Å². The maximum absolute atomic E-state index is 11.7. The van der Waals surface area contributed by atoms with Crippen molar-refractivity contribution in [3.05, 3.63) is 28.8 Å². The van der Waals surface area contributed by atoms with Crippen LogP contribution in [0.15, 0.2) is 23.3 Å². The number of anilines is 1. The summed E-state index contributed by atoms with van der Waals surface area (Å²) in [6.45, 7) is 3.74. The van der Waals surface area contributed by atoms with Gasteiger partial charge in [0.25, 0.3) is 5.56 Å². The first-order valence-corrected chi connectivity index (χ1v) is 6.23. The van der Waals surface area contributed by atoms with Crippen molar-refractivity contribution in [3.8, 4) is 0 Å². The Morgan fingerprint density at radius 1 is 1.60 bits per heavy atom. The molecule has 3 atom stereocenters. The third kappa shape index (κ3) is 1.73. The summed E-state index contributed by atoms with van der Waals surface area (Å²) in [6.07, 6.45) is 1.21. The molecule has 1 aliphatic rings. The maximum atomic E-state index is 11.7. The zero-order chi connectivity index (χ0) is 14.4. The fraction of sp³-hybridized carbons (Fsp3) is 0.417. The standard InChI is InChI=1S/C12H15N5O3/c1-5-7(2-6(3-18)9(5)19)17-4-14-8-10(17)15-12(13)16-11(8)20/h4,6-7,9,18-19H,1-3H2,(H3,13,15,16,20)/t6-,7-,9+/m1/s1. The number of aliphatic hydroxyl groups excluding tert-OH is 2. The molecule has 3 rings (SSSR count). The zero-order valence-corrected chi connectivity index (χ0v) is 10.7. The van der Waals surface area contributed by atoms with Gasteiger partial charge >= 0.3 is 0 Å². The summed E-state index contributed by atoms with van der Waals surface area (Å²) in [4.78, 5) is 22.2. The molecule has 8 heteroatoms. The van der Waals surface area contributed by atoms with Gasteiger partial charge in [0.15, 0.2) is 11.2 Å². The largest absolute Gasteiger partial charge is 0.396 e. The molecule has 0 aromatic carbocycles. The second kappa shape index (κ2) is 4.43. The van der Waals surface area contributed by atoms with Crippen LogP contribution in [0.3, 0.4) is 0 Å². The van der Waals surface area contributed by atoms with Crippen molar-refractivity contribution in [2.45, 2.75) is 18.6 Å². The van der Waals surface area contributed by atoms with Crippen LogP contribution in [-0.4, -0.2) is 42.4 Å². The van der Waals surface area contributed by atoms with Crippen LogP contribution in [0.5, 0.6) is 0 Å². The van der Waals surface area contributed by atoms with Gasteiger partial charge in [-0.3, -0.25) is 9.78 Å². The van der Waals surface area contributed by atoms with Crippen LogP contribution in [-0.2, 0) is 0 Å². The van der Waals surface area contributed by atoms with E-state index in [0.717, 1.165) is 0 Å². The van der Waals surface area contributed by atoms with Crippen LogP contribution >= 0.6 is 0 Å². The molecule has 0 unspecified atom stereocenters. The number of rotatable bonds is 2. The Labute approximate surface area is 113 Å². The minimum atomic E-state index is -0.776. The molecule has 2 aromatic rings. The number of nitrogens with one attached hydrogen (secondary N) is 1. The molecule has 2 aromatic heterocycles. The van der Waals surface area contributed by atoms with Gasteiger partial charge in [-0.2, -0.15) is 4.98 Å². The highest BCUT2D eigenvalue weighted by Gasteiger charge is 2.37. The highest BCUT2D eigenvalue weighted by molar-refractivity contribution is 5.70. The summed E-state index contributed by atoms with van der Waals surface area (Å²) in [5.41, 5.74) is 6.25. The number of aromatic amines is 1. The van der Waals surface area contributed by atoms with Crippen molar-refractivity contribution in [2.24, 2.45) is 5.92 Å². The zero-order valence-electron chi connectivity index (χ0n) is 10.7. The molecule has 0 radical (unpaired) electrons. The predicted molar refractivity (Wildman–Crippen MR) is 71.9 cm³/mol. The predicted octanol–water partition coefficient (Wildman–Crippen LogP) is -0.828. The average molecular weight is 277 g/mol. The summed E-state index contributed by atoms with van der Waals surface area (Å²) in [5, 5.41) is 19.3. The first kappa shape index (κ1) is 12.8. The quantitative estimate of drug-likeness (QED) is 0.530. The maximum Gasteiger partial charge on any atom is 0.280 e. The van der Waals surface area contributed by atoms with Crippen molar-refractivity contribution in [2.75, 3.05) is 12.3 Å². The monoisotopic (exact) mass is 277 g/mol. The molecular formula is C12H15N5O3. The lowest BCUT2D eigenvalue weighted by Gasteiger charge is -2.14. The first-order valence-electron chi connectivity index (χ1n) is 6.23. The number of aromatic nitrogens is 4. The second-order valence-electron chi connectivity index (χ2n) is 4.99. The molecule has 0 saturated heterocycles. The Kier molecular flexibility index (Phi) is 2.84. The molecule has 20 heavy (non-hydrogen) atoms. The normalized spacial score (nSPS) is 26.5. The highest BCUT2D eigenvalue weighted by atomic mass is 16.3. The van der Waals surface area contributed by atoms with Crippen LogP contribution in [0.1, 0.15) is 12.5 Å². The molecule has 0 spiro atoms. The summed E-state index contributed by atoms with van der Waals surface area (Å²) in [7, 11) is 0. The van der Waals surface area contributed by atoms with Crippen LogP contribution in [0, 0.1) is 5.92 Å². The van der Waals surface area contributed by atoms with Gasteiger partial charge in [-0.15, -0.1) is 0 Å². The lowest BCUT2D eigenvalue weighted by molar-refractivity contribution is 0.111. The number of nitrogens with zero attached hydrogens (tertiary/aromatic N) is 3. The SMILES string of the molecule is C=C1[C@H](n2cnc3c(=O)[nH]c(N)nc32)C[C@H](CO)[C@H]1O. The van der Waals surface area contributed by atoms with Crippen molar-refractivity contribution >= 4 is 17.1 Å². The Morgan fingerprint density at radius 2 is 2.35 bits per heavy atom. The summed E-state index contributed by atoms with van der Waals surface area (Å²) < 4.78 is 1.67. The van der Waals surface area contributed by atoms with E-state index in [0.29, 0.717) is 17.6 Å². The van der Waals surface area contributed by atoms with Crippen LogP contribution in [0.25, 0.3) is 11.2 Å². The Bertz CT molecular complexity index is 734. The topological polar surface area (TPSA) is 130 Å². The van der Waals surface area contributed by atoms with Gasteiger partial charge in [-0.1, -0.05) is 6.58 Å². The molecule has 0 bridgehead atoms. The highest BCUT2D eigenvalue weighted by Crippen LogP contribution is 2.39. The van der Waals surface area contributed by atoms with Gasteiger partial charge in [-0.25, -0.2) is 4.98 Å². The number of hydrogen-bond donors (Lipinski definition) is 4. The summed E-state index contributed by atoms with van der Waals surface area (Å²) in [5.74, 6) is -0.267. The minimum Gasteiger partial charge on any atom is -0.396 e. The molecular weight excluding hydrogens is 262 g/mol. The number of nitrogen functional groups attached to an aromatic ring is 1. The van der Waals surface area contributed by atoms with Gasteiger partial charge in [0, 0.05) is 12.5 Å². The van der Waals surface area contributed by atoms with Crippen molar-refractivity contribution in [1.82, 2.24) is 19.5 Å². The van der Waals surface area contributed by atoms with Crippen LogP contribution < -0.4 is 11.3 Å². The van der Waals surface area contributed by atoms with Gasteiger partial charge < -0.3 is 20.5 Å². The van der Waals surface area contributed by atoms with Gasteiger partial charge in [0.05, 0.1) is 18.5 Å². The molecule has 0 aliphatic heterocycles. The Morgan fingerprint density at radius 3 is 3.00 bits per heavy atom. The Hall–Kier alpha value is -2.19. The smallest absolute Gasteiger partial charge is 0.280 e. The Balaban J connectivity index is 2.12. The van der Waals surface area contributed by atoms with Crippen molar-refractivity contribution < 1.29 is 10.2 Å². The number of hydrogen-bond acceptors (Lipinski definition) is 6. The van der Waals surface area contributed by atoms with E-state index in [4.69, 9.17) is 5.73 Å². The first-order chi connectivity index (χ1) is 9.52. The number of aliphatic hydroxyl groups is 2. The second-order valence-corrected chi connectivity index (χ2v) is 4.99. The third-order valence-corrected chi connectivity index (χ3v) is 3.80. The average Bonchev–Trinajstić information content (AvgIpc) is 2.93. The summed E-state index contributed by atoms with van der Waals surface area (Å²) >= 11 is 0.